The van der Waals surface area contributed by atoms with Crippen LogP contribution in [0.3, 0.4) is 0 Å². The fraction of sp³-hybridized carbons (Fsp3) is 0.158. The number of esters is 1. The predicted molar refractivity (Wildman–Crippen MR) is 90.8 cm³/mol. The molecule has 24 heavy (non-hydrogen) atoms. The molecule has 0 aliphatic rings. The zero-order valence-electron chi connectivity index (χ0n) is 13.3. The average molecular weight is 325 g/mol. The molecule has 0 radical (unpaired) electrons. The molecule has 5 nitrogen and oxygen atoms in total. The summed E-state index contributed by atoms with van der Waals surface area (Å²) in [6.07, 6.45) is 2.29. The molecule has 0 heterocycles. The molecule has 5 heteroatoms. The third-order valence-corrected chi connectivity index (χ3v) is 3.14. The number of benzene rings is 2. The molecule has 1 N–H and O–H groups in total. The van der Waals surface area contributed by atoms with Crippen molar-refractivity contribution >= 4 is 18.1 Å². The number of rotatable bonds is 6. The van der Waals surface area contributed by atoms with Crippen LogP contribution in [0, 0.1) is 0 Å². The summed E-state index contributed by atoms with van der Waals surface area (Å²) in [4.78, 5) is 23.5. The maximum atomic E-state index is 11.8. The second-order valence-corrected chi connectivity index (χ2v) is 5.08. The van der Waals surface area contributed by atoms with Gasteiger partial charge >= 0.3 is 12.1 Å². The summed E-state index contributed by atoms with van der Waals surface area (Å²) in [6.45, 7) is 1.67. The van der Waals surface area contributed by atoms with Crippen LogP contribution in [0.4, 0.5) is 4.79 Å². The van der Waals surface area contributed by atoms with Gasteiger partial charge in [-0.3, -0.25) is 0 Å². The molecule has 0 spiro atoms. The predicted octanol–water partition coefficient (Wildman–Crippen LogP) is 3.52. The van der Waals surface area contributed by atoms with Crippen molar-refractivity contribution in [3.05, 3.63) is 78.1 Å². The molecule has 0 saturated heterocycles. The van der Waals surface area contributed by atoms with Crippen LogP contribution in [-0.4, -0.2) is 18.1 Å². The minimum Gasteiger partial charge on any atom is -0.445 e. The Morgan fingerprint density at radius 3 is 2.33 bits per heavy atom. The van der Waals surface area contributed by atoms with Crippen molar-refractivity contribution in [2.24, 2.45) is 0 Å². The van der Waals surface area contributed by atoms with Gasteiger partial charge in [0.15, 0.2) is 0 Å². The number of carbonyl (C=O) groups excluding carboxylic acids is 2. The van der Waals surface area contributed by atoms with Crippen molar-refractivity contribution < 1.29 is 19.1 Å². The number of nitrogens with one attached hydrogen (secondary N) is 1. The van der Waals surface area contributed by atoms with Crippen molar-refractivity contribution in [2.75, 3.05) is 0 Å². The summed E-state index contributed by atoms with van der Waals surface area (Å²) in [5.74, 6) is -0.571. The summed E-state index contributed by atoms with van der Waals surface area (Å²) in [5.41, 5.74) is 1.78. The van der Waals surface area contributed by atoms with Crippen LogP contribution in [0.1, 0.15) is 18.1 Å². The van der Waals surface area contributed by atoms with Gasteiger partial charge in [-0.25, -0.2) is 9.59 Å². The Balaban J connectivity index is 1.72. The quantitative estimate of drug-likeness (QED) is 0.652. The van der Waals surface area contributed by atoms with Crippen LogP contribution in [0.25, 0.3) is 6.08 Å². The highest BCUT2D eigenvalue weighted by molar-refractivity contribution is 5.81. The summed E-state index contributed by atoms with van der Waals surface area (Å²) >= 11 is 0. The third-order valence-electron chi connectivity index (χ3n) is 3.14. The Morgan fingerprint density at radius 1 is 1.04 bits per heavy atom. The molecular formula is C19H19NO4. The molecule has 1 amide bonds. The maximum Gasteiger partial charge on any atom is 0.408 e. The van der Waals surface area contributed by atoms with Gasteiger partial charge < -0.3 is 14.8 Å². The Hall–Kier alpha value is -3.08. The van der Waals surface area contributed by atoms with E-state index in [0.29, 0.717) is 0 Å². The third kappa shape index (κ3) is 5.96. The number of hydrogen-bond acceptors (Lipinski definition) is 4. The van der Waals surface area contributed by atoms with E-state index >= 15 is 0 Å². The first kappa shape index (κ1) is 17.3. The molecule has 1 atom stereocenters. The van der Waals surface area contributed by atoms with Gasteiger partial charge in [0.2, 0.25) is 0 Å². The Morgan fingerprint density at radius 2 is 1.67 bits per heavy atom. The Labute approximate surface area is 140 Å². The second-order valence-electron chi connectivity index (χ2n) is 5.08. The smallest absolute Gasteiger partial charge is 0.408 e. The van der Waals surface area contributed by atoms with Crippen molar-refractivity contribution in [1.82, 2.24) is 5.32 Å². The minimum atomic E-state index is -0.811. The summed E-state index contributed by atoms with van der Waals surface area (Å²) in [6, 6.07) is 17.9. The molecule has 124 valence electrons. The van der Waals surface area contributed by atoms with E-state index in [4.69, 9.17) is 9.47 Å². The van der Waals surface area contributed by atoms with Crippen LogP contribution >= 0.6 is 0 Å². The first-order valence-corrected chi connectivity index (χ1v) is 7.54. The standard InChI is InChI=1S/C19H19NO4/c1-15(18(21)23-13-12-16-8-4-2-5-9-16)20-19(22)24-14-17-10-6-3-7-11-17/h2-13,15H,14H2,1H3,(H,20,22)/b13-12-/t15-/m0/s1. The van der Waals surface area contributed by atoms with E-state index in [1.165, 1.54) is 13.2 Å². The molecule has 0 aliphatic carbocycles. The second kappa shape index (κ2) is 9.15. The number of alkyl carbamates (subject to hydrolysis) is 1. The lowest BCUT2D eigenvalue weighted by atomic mass is 10.2. The van der Waals surface area contributed by atoms with Gasteiger partial charge in [0.25, 0.3) is 0 Å². The van der Waals surface area contributed by atoms with E-state index < -0.39 is 18.1 Å². The first-order valence-electron chi connectivity index (χ1n) is 7.54. The zero-order valence-corrected chi connectivity index (χ0v) is 13.3. The number of carbonyl (C=O) groups is 2. The molecular weight excluding hydrogens is 306 g/mol. The molecule has 2 rings (SSSR count). The fourth-order valence-electron chi connectivity index (χ4n) is 1.85. The minimum absolute atomic E-state index is 0.141. The first-order chi connectivity index (χ1) is 11.6. The molecule has 0 aliphatic heterocycles. The van der Waals surface area contributed by atoms with E-state index in [9.17, 15) is 9.59 Å². The van der Waals surface area contributed by atoms with Crippen molar-refractivity contribution in [1.29, 1.82) is 0 Å². The van der Waals surface area contributed by atoms with Gasteiger partial charge in [-0.2, -0.15) is 0 Å². The van der Waals surface area contributed by atoms with E-state index in [-0.39, 0.29) is 6.61 Å². The molecule has 2 aromatic carbocycles. The largest absolute Gasteiger partial charge is 0.445 e. The van der Waals surface area contributed by atoms with Crippen LogP contribution in [0.15, 0.2) is 66.9 Å². The van der Waals surface area contributed by atoms with Gasteiger partial charge in [-0.1, -0.05) is 60.7 Å². The Kier molecular flexibility index (Phi) is 6.58. The molecule has 0 aromatic heterocycles. The topological polar surface area (TPSA) is 64.6 Å². The molecule has 0 saturated carbocycles. The summed E-state index contributed by atoms with van der Waals surface area (Å²) in [5, 5.41) is 2.43. The highest BCUT2D eigenvalue weighted by Crippen LogP contribution is 2.03. The number of hydrogen-bond donors (Lipinski definition) is 1. The molecule has 0 bridgehead atoms. The number of ether oxygens (including phenoxy) is 2. The molecule has 0 unspecified atom stereocenters. The van der Waals surface area contributed by atoms with Gasteiger partial charge in [-0.15, -0.1) is 0 Å². The normalized spacial score (nSPS) is 11.7. The van der Waals surface area contributed by atoms with Crippen LogP contribution in [0.5, 0.6) is 0 Å². The van der Waals surface area contributed by atoms with E-state index in [2.05, 4.69) is 5.32 Å². The lowest BCUT2D eigenvalue weighted by molar-refractivity contribution is -0.139. The Bertz CT molecular complexity index is 683. The van der Waals surface area contributed by atoms with Crippen LogP contribution in [0.2, 0.25) is 0 Å². The number of amides is 1. The van der Waals surface area contributed by atoms with E-state index in [1.54, 1.807) is 6.08 Å². The maximum absolute atomic E-state index is 11.8. The monoisotopic (exact) mass is 325 g/mol. The molecule has 2 aromatic rings. The summed E-state index contributed by atoms with van der Waals surface area (Å²) < 4.78 is 10.0. The fourth-order valence-corrected chi connectivity index (χ4v) is 1.85. The van der Waals surface area contributed by atoms with E-state index in [0.717, 1.165) is 11.1 Å². The van der Waals surface area contributed by atoms with E-state index in [1.807, 2.05) is 60.7 Å². The van der Waals surface area contributed by atoms with Crippen molar-refractivity contribution in [3.63, 3.8) is 0 Å². The lowest BCUT2D eigenvalue weighted by Crippen LogP contribution is -2.39. The highest BCUT2D eigenvalue weighted by Gasteiger charge is 2.17. The van der Waals surface area contributed by atoms with Crippen molar-refractivity contribution in [2.45, 2.75) is 19.6 Å². The SMILES string of the molecule is C[C@H](NC(=O)OCc1ccccc1)C(=O)O/C=C\c1ccccc1. The van der Waals surface area contributed by atoms with Gasteiger partial charge in [0.1, 0.15) is 12.6 Å². The summed E-state index contributed by atoms with van der Waals surface area (Å²) in [7, 11) is 0. The van der Waals surface area contributed by atoms with Crippen molar-refractivity contribution in [3.8, 4) is 0 Å². The molecule has 0 fully saturated rings. The zero-order chi connectivity index (χ0) is 17.2. The van der Waals surface area contributed by atoms with Gasteiger partial charge in [0.05, 0.1) is 6.26 Å². The van der Waals surface area contributed by atoms with Crippen LogP contribution < -0.4 is 5.32 Å². The average Bonchev–Trinajstić information content (AvgIpc) is 2.61. The van der Waals surface area contributed by atoms with Gasteiger partial charge in [-0.05, 0) is 24.1 Å². The lowest BCUT2D eigenvalue weighted by Gasteiger charge is -2.12. The highest BCUT2D eigenvalue weighted by atomic mass is 16.6. The van der Waals surface area contributed by atoms with Crippen LogP contribution in [-0.2, 0) is 20.9 Å². The van der Waals surface area contributed by atoms with Gasteiger partial charge in [0, 0.05) is 0 Å².